The van der Waals surface area contributed by atoms with E-state index in [2.05, 4.69) is 10.4 Å². The molecule has 6 heteroatoms. The van der Waals surface area contributed by atoms with Crippen LogP contribution in [0.3, 0.4) is 0 Å². The third-order valence-corrected chi connectivity index (χ3v) is 4.03. The lowest BCUT2D eigenvalue weighted by atomic mass is 10.1. The van der Waals surface area contributed by atoms with Crippen LogP contribution in [0.5, 0.6) is 11.5 Å². The molecule has 0 aliphatic carbocycles. The Labute approximate surface area is 145 Å². The van der Waals surface area contributed by atoms with Gasteiger partial charge < -0.3 is 14.8 Å². The van der Waals surface area contributed by atoms with Gasteiger partial charge in [0.05, 0.1) is 5.69 Å². The number of hydrogen-bond acceptors (Lipinski definition) is 4. The molecule has 126 valence electrons. The maximum Gasteiger partial charge on any atom is 0.251 e. The molecule has 1 amide bonds. The Morgan fingerprint density at radius 2 is 1.96 bits per heavy atom. The van der Waals surface area contributed by atoms with E-state index >= 15 is 0 Å². The molecule has 1 aliphatic rings. The van der Waals surface area contributed by atoms with E-state index < -0.39 is 0 Å². The van der Waals surface area contributed by atoms with E-state index in [0.29, 0.717) is 12.1 Å². The van der Waals surface area contributed by atoms with Crippen molar-refractivity contribution in [3.8, 4) is 17.2 Å². The van der Waals surface area contributed by atoms with Gasteiger partial charge in [-0.3, -0.25) is 4.79 Å². The number of carbonyl (C=O) groups is 1. The normalized spacial score (nSPS) is 12.2. The topological polar surface area (TPSA) is 65.4 Å². The zero-order valence-corrected chi connectivity index (χ0v) is 13.5. The number of aromatic nitrogens is 2. The van der Waals surface area contributed by atoms with E-state index in [1.54, 1.807) is 23.0 Å². The highest BCUT2D eigenvalue weighted by Gasteiger charge is 2.13. The lowest BCUT2D eigenvalue weighted by Crippen LogP contribution is -2.25. The predicted molar refractivity (Wildman–Crippen MR) is 92.2 cm³/mol. The molecule has 0 fully saturated rings. The van der Waals surface area contributed by atoms with Crippen molar-refractivity contribution < 1.29 is 14.3 Å². The van der Waals surface area contributed by atoms with Gasteiger partial charge in [-0.2, -0.15) is 5.10 Å². The maximum absolute atomic E-state index is 12.2. The molecule has 0 radical (unpaired) electrons. The Hall–Kier alpha value is -3.28. The Bertz CT molecular complexity index is 873. The van der Waals surface area contributed by atoms with Crippen LogP contribution in [0.15, 0.2) is 60.9 Å². The highest BCUT2D eigenvalue weighted by atomic mass is 16.7. The average molecular weight is 335 g/mol. The van der Waals surface area contributed by atoms with Gasteiger partial charge in [-0.15, -0.1) is 0 Å². The van der Waals surface area contributed by atoms with Crippen LogP contribution in [0.1, 0.15) is 15.9 Å². The molecule has 1 N–H and O–H groups in total. The van der Waals surface area contributed by atoms with Gasteiger partial charge in [-0.05, 0) is 54.4 Å². The lowest BCUT2D eigenvalue weighted by molar-refractivity contribution is 0.0954. The van der Waals surface area contributed by atoms with Crippen LogP contribution < -0.4 is 14.8 Å². The summed E-state index contributed by atoms with van der Waals surface area (Å²) in [6, 6.07) is 15.0. The van der Waals surface area contributed by atoms with Crippen molar-refractivity contribution in [2.24, 2.45) is 0 Å². The molecule has 0 saturated carbocycles. The third-order valence-electron chi connectivity index (χ3n) is 4.03. The van der Waals surface area contributed by atoms with Crippen molar-refractivity contribution in [1.29, 1.82) is 0 Å². The van der Waals surface area contributed by atoms with E-state index in [0.717, 1.165) is 29.2 Å². The fourth-order valence-electron chi connectivity index (χ4n) is 2.71. The van der Waals surface area contributed by atoms with Crippen LogP contribution in [-0.2, 0) is 6.42 Å². The third kappa shape index (κ3) is 3.33. The number of fused-ring (bicyclic) bond motifs is 1. The molecule has 6 nitrogen and oxygen atoms in total. The molecule has 3 aromatic rings. The number of nitrogens with one attached hydrogen (secondary N) is 1. The minimum Gasteiger partial charge on any atom is -0.454 e. The highest BCUT2D eigenvalue weighted by molar-refractivity contribution is 5.94. The number of ether oxygens (including phenoxy) is 2. The summed E-state index contributed by atoms with van der Waals surface area (Å²) in [4.78, 5) is 12.2. The van der Waals surface area contributed by atoms with Crippen molar-refractivity contribution in [2.45, 2.75) is 6.42 Å². The van der Waals surface area contributed by atoms with Gasteiger partial charge in [-0.1, -0.05) is 6.07 Å². The summed E-state index contributed by atoms with van der Waals surface area (Å²) in [5.41, 5.74) is 2.64. The van der Waals surface area contributed by atoms with Crippen molar-refractivity contribution in [1.82, 2.24) is 15.1 Å². The highest BCUT2D eigenvalue weighted by Crippen LogP contribution is 2.32. The van der Waals surface area contributed by atoms with E-state index in [-0.39, 0.29) is 12.7 Å². The number of amides is 1. The SMILES string of the molecule is O=C(NCCc1ccc2c(c1)OCO2)c1ccc(-n2cccn2)cc1. The number of rotatable bonds is 5. The molecule has 0 spiro atoms. The van der Waals surface area contributed by atoms with Crippen LogP contribution in [0.25, 0.3) is 5.69 Å². The summed E-state index contributed by atoms with van der Waals surface area (Å²) >= 11 is 0. The van der Waals surface area contributed by atoms with Gasteiger partial charge in [0, 0.05) is 24.5 Å². The summed E-state index contributed by atoms with van der Waals surface area (Å²) in [7, 11) is 0. The molecule has 1 aliphatic heterocycles. The zero-order chi connectivity index (χ0) is 17.1. The molecule has 0 saturated heterocycles. The Morgan fingerprint density at radius 1 is 1.12 bits per heavy atom. The van der Waals surface area contributed by atoms with E-state index in [1.165, 1.54) is 0 Å². The first-order chi connectivity index (χ1) is 12.3. The summed E-state index contributed by atoms with van der Waals surface area (Å²) in [5.74, 6) is 1.44. The van der Waals surface area contributed by atoms with Gasteiger partial charge in [0.15, 0.2) is 11.5 Å². The van der Waals surface area contributed by atoms with Crippen molar-refractivity contribution in [3.63, 3.8) is 0 Å². The lowest BCUT2D eigenvalue weighted by Gasteiger charge is -2.07. The molecular weight excluding hydrogens is 318 g/mol. The van der Waals surface area contributed by atoms with Crippen molar-refractivity contribution in [3.05, 3.63) is 72.1 Å². The van der Waals surface area contributed by atoms with E-state index in [1.807, 2.05) is 42.6 Å². The number of carbonyl (C=O) groups excluding carboxylic acids is 1. The fourth-order valence-corrected chi connectivity index (χ4v) is 2.71. The van der Waals surface area contributed by atoms with Gasteiger partial charge in [0.25, 0.3) is 5.91 Å². The average Bonchev–Trinajstić information content (AvgIpc) is 3.33. The molecule has 0 unspecified atom stereocenters. The molecule has 25 heavy (non-hydrogen) atoms. The quantitative estimate of drug-likeness (QED) is 0.778. The summed E-state index contributed by atoms with van der Waals surface area (Å²) < 4.78 is 12.4. The first kappa shape index (κ1) is 15.3. The molecule has 2 aromatic carbocycles. The number of benzene rings is 2. The number of nitrogens with zero attached hydrogens (tertiary/aromatic N) is 2. The molecule has 4 rings (SSSR count). The largest absolute Gasteiger partial charge is 0.454 e. The first-order valence-corrected chi connectivity index (χ1v) is 8.06. The van der Waals surface area contributed by atoms with Crippen LogP contribution in [0.4, 0.5) is 0 Å². The van der Waals surface area contributed by atoms with Gasteiger partial charge in [0.2, 0.25) is 6.79 Å². The first-order valence-electron chi connectivity index (χ1n) is 8.06. The zero-order valence-electron chi connectivity index (χ0n) is 13.5. The minimum atomic E-state index is -0.0900. The minimum absolute atomic E-state index is 0.0900. The van der Waals surface area contributed by atoms with Crippen molar-refractivity contribution in [2.75, 3.05) is 13.3 Å². The second kappa shape index (κ2) is 6.68. The van der Waals surface area contributed by atoms with Crippen LogP contribution in [0, 0.1) is 0 Å². The number of hydrogen-bond donors (Lipinski definition) is 1. The second-order valence-electron chi connectivity index (χ2n) is 5.69. The van der Waals surface area contributed by atoms with Crippen molar-refractivity contribution >= 4 is 5.91 Å². The predicted octanol–water partition coefficient (Wildman–Crippen LogP) is 2.57. The van der Waals surface area contributed by atoms with Crippen LogP contribution in [-0.4, -0.2) is 29.0 Å². The molecule has 2 heterocycles. The second-order valence-corrected chi connectivity index (χ2v) is 5.69. The van der Waals surface area contributed by atoms with Gasteiger partial charge >= 0.3 is 0 Å². The Kier molecular flexibility index (Phi) is 4.08. The summed E-state index contributed by atoms with van der Waals surface area (Å²) in [5, 5.41) is 7.10. The fraction of sp³-hybridized carbons (Fsp3) is 0.158. The van der Waals surface area contributed by atoms with Crippen LogP contribution in [0.2, 0.25) is 0 Å². The standard InChI is InChI=1S/C19H17N3O3/c23-19(15-3-5-16(6-4-15)22-11-1-9-21-22)20-10-8-14-2-7-17-18(12-14)25-13-24-17/h1-7,9,11-12H,8,10,13H2,(H,20,23). The van der Waals surface area contributed by atoms with Crippen LogP contribution >= 0.6 is 0 Å². The molecule has 0 bridgehead atoms. The van der Waals surface area contributed by atoms with Gasteiger partial charge in [0.1, 0.15) is 0 Å². The molecule has 1 aromatic heterocycles. The van der Waals surface area contributed by atoms with E-state index in [9.17, 15) is 4.79 Å². The van der Waals surface area contributed by atoms with E-state index in [4.69, 9.17) is 9.47 Å². The van der Waals surface area contributed by atoms with Gasteiger partial charge in [-0.25, -0.2) is 4.68 Å². The Morgan fingerprint density at radius 3 is 2.76 bits per heavy atom. The molecular formula is C19H17N3O3. The maximum atomic E-state index is 12.2. The summed E-state index contributed by atoms with van der Waals surface area (Å²) in [6.07, 6.45) is 4.31. The Balaban J connectivity index is 1.33. The smallest absolute Gasteiger partial charge is 0.251 e. The monoisotopic (exact) mass is 335 g/mol. The summed E-state index contributed by atoms with van der Waals surface area (Å²) in [6.45, 7) is 0.823. The molecule has 0 atom stereocenters.